The predicted octanol–water partition coefficient (Wildman–Crippen LogP) is 4.29. The molecule has 3 rings (SSSR count). The zero-order valence-electron chi connectivity index (χ0n) is 16.1. The predicted molar refractivity (Wildman–Crippen MR) is 108 cm³/mol. The molecule has 1 aliphatic heterocycles. The second-order valence-corrected chi connectivity index (χ2v) is 9.22. The Morgan fingerprint density at radius 3 is 2.85 bits per heavy atom. The third-order valence-corrected chi connectivity index (χ3v) is 6.21. The number of rotatable bonds is 4. The first kappa shape index (κ1) is 20.1. The molecule has 27 heavy (non-hydrogen) atoms. The molecule has 0 saturated carbocycles. The molecule has 1 aromatic carbocycles. The molecule has 0 radical (unpaired) electrons. The van der Waals surface area contributed by atoms with Gasteiger partial charge >= 0.3 is 0 Å². The van der Waals surface area contributed by atoms with Gasteiger partial charge in [0.15, 0.2) is 4.80 Å². The van der Waals surface area contributed by atoms with E-state index in [4.69, 9.17) is 21.1 Å². The molecule has 5 nitrogen and oxygen atoms in total. The first-order chi connectivity index (χ1) is 12.8. The van der Waals surface area contributed by atoms with Crippen LogP contribution in [-0.4, -0.2) is 30.8 Å². The summed E-state index contributed by atoms with van der Waals surface area (Å²) in [6, 6.07) is 4.98. The average molecular weight is 409 g/mol. The standard InChI is InChI=1S/C20H25ClN2O3S/c1-20(2,3)17-11-23(10-13-7-8-26-12-13)19(27-17)22-18(24)15-9-14(21)5-6-16(15)25-4/h5-6,9,11,13H,7-8,10,12H2,1-4H3. The largest absolute Gasteiger partial charge is 0.496 e. The second-order valence-electron chi connectivity index (χ2n) is 7.77. The van der Waals surface area contributed by atoms with Gasteiger partial charge in [0.2, 0.25) is 0 Å². The number of ether oxygens (including phenoxy) is 2. The fraction of sp³-hybridized carbons (Fsp3) is 0.500. The van der Waals surface area contributed by atoms with Crippen molar-refractivity contribution in [3.63, 3.8) is 0 Å². The third-order valence-electron chi connectivity index (χ3n) is 4.53. The minimum Gasteiger partial charge on any atom is -0.496 e. The van der Waals surface area contributed by atoms with Gasteiger partial charge in [-0.2, -0.15) is 4.99 Å². The minimum atomic E-state index is -0.354. The van der Waals surface area contributed by atoms with E-state index < -0.39 is 0 Å². The zero-order valence-corrected chi connectivity index (χ0v) is 17.7. The Morgan fingerprint density at radius 2 is 2.22 bits per heavy atom. The number of methoxy groups -OCH3 is 1. The van der Waals surface area contributed by atoms with Gasteiger partial charge in [-0.25, -0.2) is 0 Å². The van der Waals surface area contributed by atoms with Gasteiger partial charge in [0.25, 0.3) is 5.91 Å². The van der Waals surface area contributed by atoms with E-state index >= 15 is 0 Å². The molecule has 2 aromatic rings. The number of carbonyl (C=O) groups is 1. The fourth-order valence-electron chi connectivity index (χ4n) is 2.94. The van der Waals surface area contributed by atoms with Gasteiger partial charge in [0.05, 0.1) is 19.3 Å². The molecule has 1 saturated heterocycles. The Labute approximate surface area is 168 Å². The molecule has 1 atom stereocenters. The summed E-state index contributed by atoms with van der Waals surface area (Å²) in [5, 5.41) is 0.479. The van der Waals surface area contributed by atoms with E-state index in [1.165, 1.54) is 12.0 Å². The van der Waals surface area contributed by atoms with E-state index in [2.05, 4.69) is 36.5 Å². The van der Waals surface area contributed by atoms with Crippen LogP contribution in [-0.2, 0) is 16.7 Å². The molecule has 0 N–H and O–H groups in total. The summed E-state index contributed by atoms with van der Waals surface area (Å²) in [4.78, 5) is 19.2. The van der Waals surface area contributed by atoms with Gasteiger partial charge in [0.1, 0.15) is 5.75 Å². The number of hydrogen-bond acceptors (Lipinski definition) is 4. The fourth-order valence-corrected chi connectivity index (χ4v) is 4.17. The lowest BCUT2D eigenvalue weighted by molar-refractivity contribution is 0.0994. The Kier molecular flexibility index (Phi) is 6.08. The van der Waals surface area contributed by atoms with Crippen molar-refractivity contribution in [2.45, 2.75) is 39.2 Å². The molecule has 2 heterocycles. The molecule has 1 aliphatic rings. The number of amides is 1. The van der Waals surface area contributed by atoms with Crippen LogP contribution in [0.15, 0.2) is 29.4 Å². The maximum atomic E-state index is 12.9. The van der Waals surface area contributed by atoms with Crippen molar-refractivity contribution in [1.82, 2.24) is 4.57 Å². The highest BCUT2D eigenvalue weighted by Crippen LogP contribution is 2.26. The van der Waals surface area contributed by atoms with Gasteiger partial charge in [-0.05, 0) is 30.0 Å². The molecule has 0 aliphatic carbocycles. The Balaban J connectivity index is 2.02. The molecule has 1 amide bonds. The lowest BCUT2D eigenvalue weighted by Gasteiger charge is -2.15. The first-order valence-corrected chi connectivity index (χ1v) is 10.2. The van der Waals surface area contributed by atoms with E-state index in [0.717, 1.165) is 26.2 Å². The van der Waals surface area contributed by atoms with Crippen molar-refractivity contribution in [2.75, 3.05) is 20.3 Å². The lowest BCUT2D eigenvalue weighted by Crippen LogP contribution is -2.21. The molecule has 0 spiro atoms. The number of benzene rings is 1. The first-order valence-electron chi connectivity index (χ1n) is 8.99. The Bertz CT molecular complexity index is 889. The van der Waals surface area contributed by atoms with Crippen molar-refractivity contribution in [3.05, 3.63) is 44.7 Å². The summed E-state index contributed by atoms with van der Waals surface area (Å²) >= 11 is 7.61. The van der Waals surface area contributed by atoms with Crippen LogP contribution in [0.25, 0.3) is 0 Å². The maximum absolute atomic E-state index is 12.9. The van der Waals surface area contributed by atoms with E-state index in [0.29, 0.717) is 27.1 Å². The summed E-state index contributed by atoms with van der Waals surface area (Å²) in [7, 11) is 1.53. The molecule has 1 unspecified atom stereocenters. The van der Waals surface area contributed by atoms with Gasteiger partial charge in [-0.15, -0.1) is 11.3 Å². The summed E-state index contributed by atoms with van der Waals surface area (Å²) in [6.45, 7) is 8.83. The van der Waals surface area contributed by atoms with Crippen molar-refractivity contribution in [3.8, 4) is 5.75 Å². The molecule has 1 fully saturated rings. The van der Waals surface area contributed by atoms with Gasteiger partial charge in [0, 0.05) is 35.2 Å². The van der Waals surface area contributed by atoms with Crippen LogP contribution >= 0.6 is 22.9 Å². The summed E-state index contributed by atoms with van der Waals surface area (Å²) in [6.07, 6.45) is 3.15. The number of thiazole rings is 1. The van der Waals surface area contributed by atoms with Crippen LogP contribution < -0.4 is 9.54 Å². The summed E-state index contributed by atoms with van der Waals surface area (Å²) < 4.78 is 12.9. The number of halogens is 1. The van der Waals surface area contributed by atoms with E-state index in [1.54, 1.807) is 29.5 Å². The normalized spacial score (nSPS) is 18.1. The molecule has 146 valence electrons. The third kappa shape index (κ3) is 4.81. The van der Waals surface area contributed by atoms with Crippen molar-refractivity contribution in [1.29, 1.82) is 0 Å². The van der Waals surface area contributed by atoms with Crippen molar-refractivity contribution >= 4 is 28.8 Å². The van der Waals surface area contributed by atoms with E-state index in [9.17, 15) is 4.79 Å². The van der Waals surface area contributed by atoms with Gasteiger partial charge < -0.3 is 14.0 Å². The van der Waals surface area contributed by atoms with Crippen LogP contribution in [0.5, 0.6) is 5.75 Å². The van der Waals surface area contributed by atoms with Crippen molar-refractivity contribution < 1.29 is 14.3 Å². The zero-order chi connectivity index (χ0) is 19.6. The lowest BCUT2D eigenvalue weighted by atomic mass is 9.95. The highest BCUT2D eigenvalue weighted by Gasteiger charge is 2.22. The Hall–Kier alpha value is -1.63. The minimum absolute atomic E-state index is 0.0108. The monoisotopic (exact) mass is 408 g/mol. The van der Waals surface area contributed by atoms with E-state index in [-0.39, 0.29) is 11.3 Å². The van der Waals surface area contributed by atoms with E-state index in [1.807, 2.05) is 0 Å². The van der Waals surface area contributed by atoms with Crippen LogP contribution in [0.4, 0.5) is 0 Å². The van der Waals surface area contributed by atoms with Gasteiger partial charge in [-0.1, -0.05) is 32.4 Å². The molecular formula is C20H25ClN2O3S. The molecule has 1 aromatic heterocycles. The average Bonchev–Trinajstić information content (AvgIpc) is 3.25. The number of carbonyl (C=O) groups excluding carboxylic acids is 1. The quantitative estimate of drug-likeness (QED) is 0.758. The van der Waals surface area contributed by atoms with Crippen LogP contribution in [0.2, 0.25) is 5.02 Å². The number of nitrogens with zero attached hydrogens (tertiary/aromatic N) is 2. The maximum Gasteiger partial charge on any atom is 0.283 e. The van der Waals surface area contributed by atoms with Crippen LogP contribution in [0, 0.1) is 5.92 Å². The van der Waals surface area contributed by atoms with Crippen LogP contribution in [0.3, 0.4) is 0 Å². The summed E-state index contributed by atoms with van der Waals surface area (Å²) in [5.41, 5.74) is 0.356. The molecular weight excluding hydrogens is 384 g/mol. The highest BCUT2D eigenvalue weighted by molar-refractivity contribution is 7.09. The highest BCUT2D eigenvalue weighted by atomic mass is 35.5. The number of aromatic nitrogens is 1. The second kappa shape index (κ2) is 8.17. The number of hydrogen-bond donors (Lipinski definition) is 0. The van der Waals surface area contributed by atoms with Gasteiger partial charge in [-0.3, -0.25) is 4.79 Å². The smallest absolute Gasteiger partial charge is 0.283 e. The summed E-state index contributed by atoms with van der Waals surface area (Å²) in [5.74, 6) is 0.562. The molecule has 0 bridgehead atoms. The SMILES string of the molecule is COc1ccc(Cl)cc1C(=O)N=c1sc(C(C)(C)C)cn1CC1CCOC1. The van der Waals surface area contributed by atoms with Crippen LogP contribution in [0.1, 0.15) is 42.4 Å². The van der Waals surface area contributed by atoms with Crippen molar-refractivity contribution in [2.24, 2.45) is 10.9 Å². The molecule has 7 heteroatoms. The topological polar surface area (TPSA) is 52.8 Å². The Morgan fingerprint density at radius 1 is 1.44 bits per heavy atom.